The van der Waals surface area contributed by atoms with Crippen LogP contribution >= 0.6 is 0 Å². The summed E-state index contributed by atoms with van der Waals surface area (Å²) in [5.41, 5.74) is 1.04. The van der Waals surface area contributed by atoms with Crippen molar-refractivity contribution >= 4 is 11.9 Å². The molecule has 0 atom stereocenters. The van der Waals surface area contributed by atoms with Crippen molar-refractivity contribution in [1.29, 1.82) is 0 Å². The summed E-state index contributed by atoms with van der Waals surface area (Å²) < 4.78 is 4.91. The van der Waals surface area contributed by atoms with Gasteiger partial charge in [0.2, 0.25) is 5.95 Å². The average Bonchev–Trinajstić information content (AvgIpc) is 2.35. The van der Waals surface area contributed by atoms with Gasteiger partial charge in [-0.15, -0.1) is 0 Å². The number of nitrogens with one attached hydrogen (secondary N) is 1. The fraction of sp³-hybridized carbons (Fsp3) is 0.462. The van der Waals surface area contributed by atoms with Crippen LogP contribution in [0.4, 0.5) is 5.95 Å². The van der Waals surface area contributed by atoms with Crippen LogP contribution in [0.15, 0.2) is 18.3 Å². The second-order valence-corrected chi connectivity index (χ2v) is 3.70. The van der Waals surface area contributed by atoms with E-state index in [0.29, 0.717) is 23.8 Å². The first-order chi connectivity index (χ1) is 8.69. The Labute approximate surface area is 107 Å². The zero-order valence-corrected chi connectivity index (χ0v) is 11.1. The van der Waals surface area contributed by atoms with Gasteiger partial charge < -0.3 is 10.1 Å². The number of esters is 1. The number of aryl methyl sites for hydroxylation is 1. The van der Waals surface area contributed by atoms with Gasteiger partial charge in [0.15, 0.2) is 0 Å². The van der Waals surface area contributed by atoms with Gasteiger partial charge in [-0.05, 0) is 27.2 Å². The molecule has 1 rings (SSSR count). The van der Waals surface area contributed by atoms with Crippen LogP contribution in [0.2, 0.25) is 0 Å². The van der Waals surface area contributed by atoms with Crippen molar-refractivity contribution in [2.45, 2.75) is 27.2 Å². The third-order valence-corrected chi connectivity index (χ3v) is 2.30. The quantitative estimate of drug-likeness (QED) is 0.476. The molecule has 98 valence electrons. The van der Waals surface area contributed by atoms with E-state index in [1.54, 1.807) is 13.8 Å². The van der Waals surface area contributed by atoms with Crippen LogP contribution in [0, 0.1) is 6.92 Å². The Morgan fingerprint density at radius 2 is 2.33 bits per heavy atom. The van der Waals surface area contributed by atoms with Crippen LogP contribution in [0.1, 0.15) is 36.3 Å². The van der Waals surface area contributed by atoms with Crippen molar-refractivity contribution in [1.82, 2.24) is 9.97 Å². The second-order valence-electron chi connectivity index (χ2n) is 3.70. The Bertz CT molecular complexity index is 430. The topological polar surface area (TPSA) is 64.1 Å². The molecule has 18 heavy (non-hydrogen) atoms. The minimum absolute atomic E-state index is 0.349. The SMILES string of the molecule is C/C=C/CCNc1ncc(C(=O)OCC)c(C)n1. The minimum Gasteiger partial charge on any atom is -0.462 e. The summed E-state index contributed by atoms with van der Waals surface area (Å²) in [5.74, 6) is 0.153. The largest absolute Gasteiger partial charge is 0.462 e. The number of aromatic nitrogens is 2. The van der Waals surface area contributed by atoms with E-state index in [9.17, 15) is 4.79 Å². The van der Waals surface area contributed by atoms with E-state index in [0.717, 1.165) is 13.0 Å². The van der Waals surface area contributed by atoms with Gasteiger partial charge in [0.05, 0.1) is 17.9 Å². The molecule has 0 bridgehead atoms. The highest BCUT2D eigenvalue weighted by molar-refractivity contribution is 5.90. The smallest absolute Gasteiger partial charge is 0.341 e. The van der Waals surface area contributed by atoms with Crippen LogP contribution < -0.4 is 5.32 Å². The number of rotatable bonds is 6. The molecule has 0 unspecified atom stereocenters. The summed E-state index contributed by atoms with van der Waals surface area (Å²) in [4.78, 5) is 19.9. The van der Waals surface area contributed by atoms with Crippen molar-refractivity contribution in [3.05, 3.63) is 29.6 Å². The molecule has 5 heteroatoms. The molecule has 0 aliphatic heterocycles. The number of carbonyl (C=O) groups excluding carboxylic acids is 1. The number of carbonyl (C=O) groups is 1. The molecule has 0 aliphatic carbocycles. The molecule has 1 aromatic rings. The van der Waals surface area contributed by atoms with Crippen molar-refractivity contribution in [2.24, 2.45) is 0 Å². The number of allylic oxidation sites excluding steroid dienone is 1. The van der Waals surface area contributed by atoms with Gasteiger partial charge in [-0.3, -0.25) is 0 Å². The van der Waals surface area contributed by atoms with Crippen molar-refractivity contribution in [3.63, 3.8) is 0 Å². The van der Waals surface area contributed by atoms with E-state index in [4.69, 9.17) is 4.74 Å². The summed E-state index contributed by atoms with van der Waals surface area (Å²) in [6, 6.07) is 0. The molecule has 1 aromatic heterocycles. The highest BCUT2D eigenvalue weighted by atomic mass is 16.5. The zero-order valence-electron chi connectivity index (χ0n) is 11.1. The molecule has 0 aliphatic rings. The van der Waals surface area contributed by atoms with Gasteiger partial charge in [-0.2, -0.15) is 0 Å². The lowest BCUT2D eigenvalue weighted by molar-refractivity contribution is 0.0524. The Hall–Kier alpha value is -1.91. The van der Waals surface area contributed by atoms with Crippen molar-refractivity contribution < 1.29 is 9.53 Å². The normalized spacial score (nSPS) is 10.6. The molecule has 0 saturated heterocycles. The van der Waals surface area contributed by atoms with Crippen molar-refractivity contribution in [3.8, 4) is 0 Å². The maximum atomic E-state index is 11.5. The molecule has 0 radical (unpaired) electrons. The number of hydrogen-bond acceptors (Lipinski definition) is 5. The van der Waals surface area contributed by atoms with Crippen LogP contribution in [0.25, 0.3) is 0 Å². The molecule has 0 saturated carbocycles. The number of hydrogen-bond donors (Lipinski definition) is 1. The standard InChI is InChI=1S/C13H19N3O2/c1-4-6-7-8-14-13-15-9-11(10(3)16-13)12(17)18-5-2/h4,6,9H,5,7-8H2,1-3H3,(H,14,15,16)/b6-4+. The molecule has 0 aromatic carbocycles. The summed E-state index contributed by atoms with van der Waals surface area (Å²) in [6.45, 7) is 6.63. The number of nitrogens with zero attached hydrogens (tertiary/aromatic N) is 2. The van der Waals surface area contributed by atoms with Crippen LogP contribution in [0.3, 0.4) is 0 Å². The number of ether oxygens (including phenoxy) is 1. The Morgan fingerprint density at radius 1 is 1.56 bits per heavy atom. The van der Waals surface area contributed by atoms with Gasteiger partial charge in [0.1, 0.15) is 0 Å². The maximum Gasteiger partial charge on any atom is 0.341 e. The van der Waals surface area contributed by atoms with E-state index in [1.165, 1.54) is 6.20 Å². The fourth-order valence-electron chi connectivity index (χ4n) is 1.40. The van der Waals surface area contributed by atoms with Gasteiger partial charge in [-0.1, -0.05) is 12.2 Å². The van der Waals surface area contributed by atoms with Crippen molar-refractivity contribution in [2.75, 3.05) is 18.5 Å². The van der Waals surface area contributed by atoms with Gasteiger partial charge in [-0.25, -0.2) is 14.8 Å². The van der Waals surface area contributed by atoms with Gasteiger partial charge in [0, 0.05) is 12.7 Å². The predicted octanol–water partition coefficient (Wildman–Crippen LogP) is 2.34. The molecular weight excluding hydrogens is 230 g/mol. The lowest BCUT2D eigenvalue weighted by Gasteiger charge is -2.07. The highest BCUT2D eigenvalue weighted by Crippen LogP contribution is 2.08. The Balaban J connectivity index is 2.64. The summed E-state index contributed by atoms with van der Waals surface area (Å²) >= 11 is 0. The van der Waals surface area contributed by atoms with Crippen LogP contribution in [-0.2, 0) is 4.74 Å². The monoisotopic (exact) mass is 249 g/mol. The van der Waals surface area contributed by atoms with E-state index in [1.807, 2.05) is 13.0 Å². The lowest BCUT2D eigenvalue weighted by atomic mass is 10.2. The molecule has 0 fully saturated rings. The molecule has 0 amide bonds. The molecule has 5 nitrogen and oxygen atoms in total. The lowest BCUT2D eigenvalue weighted by Crippen LogP contribution is -2.11. The van der Waals surface area contributed by atoms with Crippen LogP contribution in [-0.4, -0.2) is 29.1 Å². The van der Waals surface area contributed by atoms with E-state index >= 15 is 0 Å². The summed E-state index contributed by atoms with van der Waals surface area (Å²) in [5, 5.41) is 3.09. The number of anilines is 1. The average molecular weight is 249 g/mol. The van der Waals surface area contributed by atoms with Crippen LogP contribution in [0.5, 0.6) is 0 Å². The third kappa shape index (κ3) is 4.16. The minimum atomic E-state index is -0.379. The first-order valence-corrected chi connectivity index (χ1v) is 6.04. The third-order valence-electron chi connectivity index (χ3n) is 2.30. The second kappa shape index (κ2) is 7.42. The van der Waals surface area contributed by atoms with E-state index in [2.05, 4.69) is 21.4 Å². The maximum absolute atomic E-state index is 11.5. The van der Waals surface area contributed by atoms with E-state index in [-0.39, 0.29) is 5.97 Å². The molecular formula is C13H19N3O2. The zero-order chi connectivity index (χ0) is 13.4. The summed E-state index contributed by atoms with van der Waals surface area (Å²) in [7, 11) is 0. The predicted molar refractivity (Wildman–Crippen MR) is 70.6 cm³/mol. The molecule has 0 spiro atoms. The highest BCUT2D eigenvalue weighted by Gasteiger charge is 2.12. The van der Waals surface area contributed by atoms with Gasteiger partial charge >= 0.3 is 5.97 Å². The molecule has 1 heterocycles. The summed E-state index contributed by atoms with van der Waals surface area (Å²) in [6.07, 6.45) is 6.47. The van der Waals surface area contributed by atoms with Gasteiger partial charge in [0.25, 0.3) is 0 Å². The molecule has 1 N–H and O–H groups in total. The Kier molecular flexibility index (Phi) is 5.84. The fourth-order valence-corrected chi connectivity index (χ4v) is 1.40. The van der Waals surface area contributed by atoms with E-state index < -0.39 is 0 Å². The Morgan fingerprint density at radius 3 is 2.94 bits per heavy atom. The first-order valence-electron chi connectivity index (χ1n) is 6.04. The first kappa shape index (κ1) is 14.2.